The number of halogens is 3. The summed E-state index contributed by atoms with van der Waals surface area (Å²) in [6.07, 6.45) is -2.21. The summed E-state index contributed by atoms with van der Waals surface area (Å²) in [6, 6.07) is 4.52. The lowest BCUT2D eigenvalue weighted by atomic mass is 10.2. The van der Waals surface area contributed by atoms with Crippen LogP contribution >= 0.6 is 0 Å². The molecule has 6 nitrogen and oxygen atoms in total. The van der Waals surface area contributed by atoms with Crippen LogP contribution in [0.15, 0.2) is 29.4 Å². The molecule has 0 bridgehead atoms. The van der Waals surface area contributed by atoms with Gasteiger partial charge in [0.1, 0.15) is 11.7 Å². The van der Waals surface area contributed by atoms with Gasteiger partial charge in [-0.15, -0.1) is 0 Å². The van der Waals surface area contributed by atoms with Gasteiger partial charge < -0.3 is 14.6 Å². The summed E-state index contributed by atoms with van der Waals surface area (Å²) in [5, 5.41) is 3.27. The molecule has 2 aromatic heterocycles. The van der Waals surface area contributed by atoms with Gasteiger partial charge in [-0.2, -0.15) is 13.2 Å². The van der Waals surface area contributed by atoms with Gasteiger partial charge in [-0.3, -0.25) is 9.89 Å². The van der Waals surface area contributed by atoms with Gasteiger partial charge in [0, 0.05) is 45.1 Å². The lowest BCUT2D eigenvalue weighted by Gasteiger charge is -2.39. The van der Waals surface area contributed by atoms with Crippen molar-refractivity contribution >= 4 is 11.6 Å². The molecule has 1 aliphatic rings. The normalized spacial score (nSPS) is 18.1. The first-order valence-corrected chi connectivity index (χ1v) is 8.99. The number of aromatic nitrogens is 2. The Balaban J connectivity index is 1.57. The third-order valence-corrected chi connectivity index (χ3v) is 5.02. The lowest BCUT2D eigenvalue weighted by Crippen LogP contribution is -2.56. The minimum atomic E-state index is -4.19. The summed E-state index contributed by atoms with van der Waals surface area (Å²) in [5.74, 6) is 0.683. The van der Waals surface area contributed by atoms with Gasteiger partial charge in [0.15, 0.2) is 5.96 Å². The van der Waals surface area contributed by atoms with Crippen molar-refractivity contribution in [2.24, 2.45) is 4.99 Å². The predicted octanol–water partition coefficient (Wildman–Crippen LogP) is 2.29. The molecule has 1 N–H and O–H groups in total. The maximum Gasteiger partial charge on any atom is 0.403 e. The number of guanidine groups is 1. The van der Waals surface area contributed by atoms with Gasteiger partial charge in [0.2, 0.25) is 0 Å². The Morgan fingerprint density at radius 2 is 1.96 bits per heavy atom. The monoisotopic (exact) mass is 382 g/mol. The first-order valence-electron chi connectivity index (χ1n) is 8.99. The van der Waals surface area contributed by atoms with E-state index >= 15 is 0 Å². The molecule has 0 spiro atoms. The zero-order valence-corrected chi connectivity index (χ0v) is 15.8. The number of fused-ring (bicyclic) bond motifs is 1. The lowest BCUT2D eigenvalue weighted by molar-refractivity contribution is -0.181. The van der Waals surface area contributed by atoms with Crippen LogP contribution in [0.1, 0.15) is 18.3 Å². The van der Waals surface area contributed by atoms with E-state index in [2.05, 4.69) is 15.3 Å². The van der Waals surface area contributed by atoms with E-state index < -0.39 is 12.2 Å². The molecule has 0 radical (unpaired) electrons. The first-order chi connectivity index (χ1) is 12.8. The number of aryl methyl sites for hydroxylation is 1. The molecule has 1 saturated heterocycles. The summed E-state index contributed by atoms with van der Waals surface area (Å²) in [7, 11) is 1.68. The maximum atomic E-state index is 12.9. The van der Waals surface area contributed by atoms with Crippen LogP contribution in [0.4, 0.5) is 13.2 Å². The van der Waals surface area contributed by atoms with Gasteiger partial charge >= 0.3 is 6.18 Å². The molecule has 0 aliphatic carbocycles. The van der Waals surface area contributed by atoms with Crippen LogP contribution in [0.2, 0.25) is 0 Å². The standard InChI is InChI=1S/C18H25F3N6/c1-13-5-4-6-16-24-15(12-27(13)16)11-23-17(22-3)26-9-7-25(8-10-26)14(2)18(19,20)21/h4-6,12,14H,7-11H2,1-3H3,(H,22,23). The fourth-order valence-corrected chi connectivity index (χ4v) is 3.31. The number of hydrogen-bond donors (Lipinski definition) is 1. The van der Waals surface area contributed by atoms with Gasteiger partial charge in [-0.25, -0.2) is 4.98 Å². The van der Waals surface area contributed by atoms with Crippen molar-refractivity contribution in [1.29, 1.82) is 0 Å². The van der Waals surface area contributed by atoms with Crippen LogP contribution in [0, 0.1) is 6.92 Å². The fourth-order valence-electron chi connectivity index (χ4n) is 3.31. The third-order valence-electron chi connectivity index (χ3n) is 5.02. The van der Waals surface area contributed by atoms with Crippen LogP contribution in [0.25, 0.3) is 5.65 Å². The predicted molar refractivity (Wildman–Crippen MR) is 98.8 cm³/mol. The van der Waals surface area contributed by atoms with Crippen molar-refractivity contribution in [3.8, 4) is 0 Å². The topological polar surface area (TPSA) is 48.2 Å². The molecule has 0 amide bonds. The molecule has 27 heavy (non-hydrogen) atoms. The van der Waals surface area contributed by atoms with Gasteiger partial charge in [-0.05, 0) is 26.0 Å². The second-order valence-corrected chi connectivity index (χ2v) is 6.77. The highest BCUT2D eigenvalue weighted by Crippen LogP contribution is 2.25. The summed E-state index contributed by atoms with van der Waals surface area (Å²) < 4.78 is 40.7. The highest BCUT2D eigenvalue weighted by Gasteiger charge is 2.41. The molecule has 1 unspecified atom stereocenters. The SMILES string of the molecule is CN=C(NCc1cn2c(C)cccc2n1)N1CCN(C(C)C(F)(F)F)CC1. The minimum Gasteiger partial charge on any atom is -0.351 e. The third kappa shape index (κ3) is 4.35. The summed E-state index contributed by atoms with van der Waals surface area (Å²) in [4.78, 5) is 12.3. The highest BCUT2D eigenvalue weighted by atomic mass is 19.4. The Morgan fingerprint density at radius 1 is 1.26 bits per heavy atom. The molecule has 1 atom stereocenters. The zero-order chi connectivity index (χ0) is 19.6. The van der Waals surface area contributed by atoms with Crippen molar-refractivity contribution in [2.45, 2.75) is 32.6 Å². The van der Waals surface area contributed by atoms with Gasteiger partial charge in [0.05, 0.1) is 12.2 Å². The molecular formula is C18H25F3N6. The van der Waals surface area contributed by atoms with Crippen LogP contribution < -0.4 is 5.32 Å². The second kappa shape index (κ2) is 7.75. The average molecular weight is 382 g/mol. The molecule has 0 saturated carbocycles. The number of imidazole rings is 1. The quantitative estimate of drug-likeness (QED) is 0.654. The number of nitrogens with one attached hydrogen (secondary N) is 1. The Hall–Kier alpha value is -2.29. The molecular weight excluding hydrogens is 357 g/mol. The van der Waals surface area contributed by atoms with Crippen LogP contribution in [-0.2, 0) is 6.54 Å². The van der Waals surface area contributed by atoms with E-state index in [0.717, 1.165) is 17.0 Å². The molecule has 0 aromatic carbocycles. The van der Waals surface area contributed by atoms with Crippen molar-refractivity contribution in [2.75, 3.05) is 33.2 Å². The number of aliphatic imine (C=N–C) groups is 1. The van der Waals surface area contributed by atoms with Crippen molar-refractivity contribution < 1.29 is 13.2 Å². The molecule has 148 valence electrons. The zero-order valence-electron chi connectivity index (χ0n) is 15.8. The maximum absolute atomic E-state index is 12.9. The van der Waals surface area contributed by atoms with Crippen LogP contribution in [0.3, 0.4) is 0 Å². The summed E-state index contributed by atoms with van der Waals surface area (Å²) in [6.45, 7) is 5.46. The van der Waals surface area contributed by atoms with E-state index in [9.17, 15) is 13.2 Å². The van der Waals surface area contributed by atoms with Crippen molar-refractivity contribution in [3.05, 3.63) is 35.8 Å². The van der Waals surface area contributed by atoms with Gasteiger partial charge in [0.25, 0.3) is 0 Å². The van der Waals surface area contributed by atoms with Crippen molar-refractivity contribution in [3.63, 3.8) is 0 Å². The average Bonchev–Trinajstić information content (AvgIpc) is 3.06. The molecule has 9 heteroatoms. The second-order valence-electron chi connectivity index (χ2n) is 6.77. The first kappa shape index (κ1) is 19.5. The van der Waals surface area contributed by atoms with Gasteiger partial charge in [-0.1, -0.05) is 6.07 Å². The Labute approximate surface area is 156 Å². The fraction of sp³-hybridized carbons (Fsp3) is 0.556. The summed E-state index contributed by atoms with van der Waals surface area (Å²) in [5.41, 5.74) is 2.87. The Bertz CT molecular complexity index is 805. The van der Waals surface area contributed by atoms with E-state index in [1.165, 1.54) is 11.8 Å². The smallest absolute Gasteiger partial charge is 0.351 e. The highest BCUT2D eigenvalue weighted by molar-refractivity contribution is 5.80. The van der Waals surface area contributed by atoms with E-state index in [1.807, 2.05) is 40.6 Å². The number of alkyl halides is 3. The number of pyridine rings is 1. The number of hydrogen-bond acceptors (Lipinski definition) is 3. The molecule has 1 aliphatic heterocycles. The number of nitrogens with zero attached hydrogens (tertiary/aromatic N) is 5. The summed E-state index contributed by atoms with van der Waals surface area (Å²) >= 11 is 0. The van der Waals surface area contributed by atoms with E-state index in [-0.39, 0.29) is 0 Å². The molecule has 3 heterocycles. The number of piperazine rings is 1. The minimum absolute atomic E-state index is 0.356. The van der Waals surface area contributed by atoms with Crippen LogP contribution in [-0.4, -0.2) is 70.6 Å². The molecule has 3 rings (SSSR count). The largest absolute Gasteiger partial charge is 0.403 e. The van der Waals surface area contributed by atoms with E-state index in [1.54, 1.807) is 7.05 Å². The van der Waals surface area contributed by atoms with Crippen LogP contribution in [0.5, 0.6) is 0 Å². The number of rotatable bonds is 3. The molecule has 1 fully saturated rings. The van der Waals surface area contributed by atoms with E-state index in [0.29, 0.717) is 38.7 Å². The van der Waals surface area contributed by atoms with E-state index in [4.69, 9.17) is 0 Å². The van der Waals surface area contributed by atoms with Crippen molar-refractivity contribution in [1.82, 2.24) is 24.5 Å². The molecule has 2 aromatic rings. The Morgan fingerprint density at radius 3 is 2.56 bits per heavy atom. The Kier molecular flexibility index (Phi) is 5.59.